The number of halogens is 1. The van der Waals surface area contributed by atoms with Gasteiger partial charge in [0.25, 0.3) is 11.8 Å². The van der Waals surface area contributed by atoms with E-state index >= 15 is 0 Å². The Balaban J connectivity index is 1.50. The highest BCUT2D eigenvalue weighted by atomic mass is 19.1. The Labute approximate surface area is 194 Å². The monoisotopic (exact) mass is 450 g/mol. The summed E-state index contributed by atoms with van der Waals surface area (Å²) in [6.07, 6.45) is 9.52. The van der Waals surface area contributed by atoms with Gasteiger partial charge in [-0.05, 0) is 49.9 Å². The van der Waals surface area contributed by atoms with Gasteiger partial charge >= 0.3 is 0 Å². The Morgan fingerprint density at radius 3 is 2.45 bits per heavy atom. The summed E-state index contributed by atoms with van der Waals surface area (Å²) in [5, 5.41) is 0. The molecule has 0 aromatic heterocycles. The number of hydrogen-bond donors (Lipinski definition) is 0. The number of anilines is 2. The van der Waals surface area contributed by atoms with Crippen LogP contribution < -0.4 is 9.80 Å². The molecule has 6 heteroatoms. The summed E-state index contributed by atoms with van der Waals surface area (Å²) in [7, 11) is 0. The number of amides is 2. The molecule has 2 amide bonds. The van der Waals surface area contributed by atoms with Crippen molar-refractivity contribution in [2.75, 3.05) is 16.4 Å². The van der Waals surface area contributed by atoms with Crippen molar-refractivity contribution in [1.29, 1.82) is 0 Å². The summed E-state index contributed by atoms with van der Waals surface area (Å²) in [4.78, 5) is 30.8. The lowest BCUT2D eigenvalue weighted by molar-refractivity contribution is -0.128. The first-order chi connectivity index (χ1) is 16.1. The van der Waals surface area contributed by atoms with E-state index in [0.717, 1.165) is 62.6 Å². The summed E-state index contributed by atoms with van der Waals surface area (Å²) in [6, 6.07) is 13.0. The van der Waals surface area contributed by atoms with Gasteiger partial charge in [0.2, 0.25) is 0 Å². The quantitative estimate of drug-likeness (QED) is 0.581. The lowest BCUT2D eigenvalue weighted by Gasteiger charge is -2.33. The molecular weight excluding hydrogens is 419 g/mol. The van der Waals surface area contributed by atoms with E-state index < -0.39 is 11.9 Å². The zero-order valence-corrected chi connectivity index (χ0v) is 18.9. The largest absolute Gasteiger partial charge is 0.368 e. The second kappa shape index (κ2) is 9.64. The number of fused-ring (bicyclic) bond motifs is 1. The van der Waals surface area contributed by atoms with Gasteiger partial charge in [0.1, 0.15) is 18.5 Å². The minimum Gasteiger partial charge on any atom is -0.368 e. The first-order valence-corrected chi connectivity index (χ1v) is 12.2. The van der Waals surface area contributed by atoms with Crippen LogP contribution in [0.2, 0.25) is 0 Å². The number of para-hydroxylation sites is 1. The van der Waals surface area contributed by atoms with Crippen molar-refractivity contribution in [2.24, 2.45) is 0 Å². The first-order valence-electron chi connectivity index (χ1n) is 12.2. The van der Waals surface area contributed by atoms with Crippen LogP contribution in [0.25, 0.3) is 0 Å². The predicted octanol–water partition coefficient (Wildman–Crippen LogP) is 5.54. The molecule has 3 aliphatic rings. The van der Waals surface area contributed by atoms with E-state index in [1.54, 1.807) is 12.1 Å². The van der Waals surface area contributed by atoms with Crippen molar-refractivity contribution in [3.05, 3.63) is 59.9 Å². The number of carbonyl (C=O) groups excluding carboxylic acids is 2. The number of ether oxygens (including phenoxy) is 1. The molecule has 2 aromatic carbocycles. The Hall–Kier alpha value is -2.73. The summed E-state index contributed by atoms with van der Waals surface area (Å²) in [5.41, 5.74) is 2.05. The SMILES string of the molecule is O=C1C(N(C(=O)COC2CCCC2)c2cccc(F)c2)c2ccccc2N1C1CCCCC1. The summed E-state index contributed by atoms with van der Waals surface area (Å²) in [6.45, 7) is -0.115. The van der Waals surface area contributed by atoms with Gasteiger partial charge in [-0.3, -0.25) is 14.5 Å². The van der Waals surface area contributed by atoms with Gasteiger partial charge in [-0.15, -0.1) is 0 Å². The first kappa shape index (κ1) is 22.1. The minimum absolute atomic E-state index is 0.0774. The third-order valence-electron chi connectivity index (χ3n) is 7.26. The fourth-order valence-electron chi connectivity index (χ4n) is 5.66. The zero-order valence-electron chi connectivity index (χ0n) is 18.9. The molecule has 5 nitrogen and oxygen atoms in total. The van der Waals surface area contributed by atoms with Gasteiger partial charge in [0.15, 0.2) is 0 Å². The third-order valence-corrected chi connectivity index (χ3v) is 7.26. The van der Waals surface area contributed by atoms with Crippen LogP contribution in [0.3, 0.4) is 0 Å². The molecule has 174 valence electrons. The highest BCUT2D eigenvalue weighted by molar-refractivity contribution is 6.11. The molecule has 0 bridgehead atoms. The van der Waals surface area contributed by atoms with E-state index in [1.165, 1.54) is 23.5 Å². The van der Waals surface area contributed by atoms with Crippen LogP contribution in [0.1, 0.15) is 69.4 Å². The van der Waals surface area contributed by atoms with Crippen LogP contribution in [0, 0.1) is 5.82 Å². The fraction of sp³-hybridized carbons (Fsp3) is 0.481. The molecule has 0 N–H and O–H groups in total. The zero-order chi connectivity index (χ0) is 22.8. The molecule has 0 radical (unpaired) electrons. The van der Waals surface area contributed by atoms with Gasteiger partial charge in [-0.25, -0.2) is 4.39 Å². The van der Waals surface area contributed by atoms with E-state index in [4.69, 9.17) is 4.74 Å². The number of nitrogens with zero attached hydrogens (tertiary/aromatic N) is 2. The molecule has 33 heavy (non-hydrogen) atoms. The van der Waals surface area contributed by atoms with Crippen molar-refractivity contribution in [3.8, 4) is 0 Å². The number of carbonyl (C=O) groups is 2. The highest BCUT2D eigenvalue weighted by Crippen LogP contribution is 2.44. The Kier molecular flexibility index (Phi) is 6.45. The average molecular weight is 451 g/mol. The minimum atomic E-state index is -0.815. The molecule has 0 spiro atoms. The van der Waals surface area contributed by atoms with Crippen molar-refractivity contribution in [1.82, 2.24) is 0 Å². The van der Waals surface area contributed by atoms with Crippen molar-refractivity contribution >= 4 is 23.2 Å². The average Bonchev–Trinajstić information content (AvgIpc) is 3.45. The lowest BCUT2D eigenvalue weighted by Crippen LogP contribution is -2.46. The van der Waals surface area contributed by atoms with Crippen LogP contribution >= 0.6 is 0 Å². The maximum absolute atomic E-state index is 14.2. The molecule has 2 fully saturated rings. The second-order valence-corrected chi connectivity index (χ2v) is 9.42. The standard InChI is InChI=1S/C27H31FN2O3/c28-19-9-8-12-21(17-19)30(25(31)18-33-22-13-4-5-14-22)26-23-15-6-7-16-24(23)29(27(26)32)20-10-2-1-3-11-20/h6-9,12,15-17,20,22,26H,1-5,10-11,13-14,18H2. The van der Waals surface area contributed by atoms with Crippen molar-refractivity contribution in [3.63, 3.8) is 0 Å². The highest BCUT2D eigenvalue weighted by Gasteiger charge is 2.45. The Bertz CT molecular complexity index is 1010. The van der Waals surface area contributed by atoms with E-state index in [2.05, 4.69) is 0 Å². The van der Waals surface area contributed by atoms with E-state index in [-0.39, 0.29) is 30.6 Å². The van der Waals surface area contributed by atoms with Gasteiger partial charge in [-0.1, -0.05) is 56.4 Å². The summed E-state index contributed by atoms with van der Waals surface area (Å²) in [5.74, 6) is -0.863. The van der Waals surface area contributed by atoms with Crippen LogP contribution in [0.15, 0.2) is 48.5 Å². The van der Waals surface area contributed by atoms with Crippen LogP contribution in [0.4, 0.5) is 15.8 Å². The maximum atomic E-state index is 14.2. The molecule has 2 aromatic rings. The summed E-state index contributed by atoms with van der Waals surface area (Å²) < 4.78 is 20.1. The van der Waals surface area contributed by atoms with Crippen LogP contribution in [0.5, 0.6) is 0 Å². The second-order valence-electron chi connectivity index (χ2n) is 9.42. The molecular formula is C27H31FN2O3. The van der Waals surface area contributed by atoms with Gasteiger partial charge in [0.05, 0.1) is 6.10 Å². The third kappa shape index (κ3) is 4.41. The smallest absolute Gasteiger partial charge is 0.255 e. The molecule has 2 aliphatic carbocycles. The Morgan fingerprint density at radius 1 is 0.970 bits per heavy atom. The molecule has 1 atom stereocenters. The van der Waals surface area contributed by atoms with E-state index in [0.29, 0.717) is 5.69 Å². The van der Waals surface area contributed by atoms with Gasteiger partial charge < -0.3 is 9.64 Å². The van der Waals surface area contributed by atoms with Crippen LogP contribution in [-0.4, -0.2) is 30.6 Å². The lowest BCUT2D eigenvalue weighted by atomic mass is 9.94. The normalized spacial score (nSPS) is 21.4. The topological polar surface area (TPSA) is 49.9 Å². The van der Waals surface area contributed by atoms with E-state index in [1.807, 2.05) is 29.2 Å². The molecule has 1 heterocycles. The number of benzene rings is 2. The fourth-order valence-corrected chi connectivity index (χ4v) is 5.66. The summed E-state index contributed by atoms with van der Waals surface area (Å²) >= 11 is 0. The molecule has 1 aliphatic heterocycles. The van der Waals surface area contributed by atoms with Crippen molar-refractivity contribution < 1.29 is 18.7 Å². The molecule has 2 saturated carbocycles. The Morgan fingerprint density at radius 2 is 1.70 bits per heavy atom. The molecule has 1 unspecified atom stereocenters. The van der Waals surface area contributed by atoms with Crippen molar-refractivity contribution in [2.45, 2.75) is 76.0 Å². The predicted molar refractivity (Wildman–Crippen MR) is 126 cm³/mol. The maximum Gasteiger partial charge on any atom is 0.255 e. The van der Waals surface area contributed by atoms with Gasteiger partial charge in [0, 0.05) is 23.0 Å². The van der Waals surface area contributed by atoms with Crippen LogP contribution in [-0.2, 0) is 14.3 Å². The van der Waals surface area contributed by atoms with Gasteiger partial charge in [-0.2, -0.15) is 0 Å². The van der Waals surface area contributed by atoms with E-state index in [9.17, 15) is 14.0 Å². The molecule has 0 saturated heterocycles. The number of hydrogen-bond acceptors (Lipinski definition) is 3. The number of rotatable bonds is 6. The molecule has 5 rings (SSSR count).